The molecule has 2 atom stereocenters. The van der Waals surface area contributed by atoms with Gasteiger partial charge in [0.25, 0.3) is 0 Å². The summed E-state index contributed by atoms with van der Waals surface area (Å²) in [5.74, 6) is 1.24. The van der Waals surface area contributed by atoms with Gasteiger partial charge in [0.2, 0.25) is 5.13 Å². The molecule has 2 N–H and O–H groups in total. The second-order valence-electron chi connectivity index (χ2n) is 5.62. The molecule has 2 unspecified atom stereocenters. The van der Waals surface area contributed by atoms with Crippen LogP contribution in [0.15, 0.2) is 33.1 Å². The minimum Gasteiger partial charge on any atom is -0.491 e. The van der Waals surface area contributed by atoms with Crippen molar-refractivity contribution in [3.05, 3.63) is 28.7 Å². The van der Waals surface area contributed by atoms with Crippen molar-refractivity contribution in [3.8, 4) is 5.75 Å². The molecule has 0 spiro atoms. The van der Waals surface area contributed by atoms with Gasteiger partial charge in [0.05, 0.1) is 12.2 Å². The maximum absolute atomic E-state index is 10.1. The van der Waals surface area contributed by atoms with Gasteiger partial charge in [-0.3, -0.25) is 0 Å². The van der Waals surface area contributed by atoms with E-state index >= 15 is 0 Å². The smallest absolute Gasteiger partial charge is 0.206 e. The van der Waals surface area contributed by atoms with Gasteiger partial charge in [-0.15, -0.1) is 10.2 Å². The molecule has 0 saturated carbocycles. The summed E-state index contributed by atoms with van der Waals surface area (Å²) in [6.07, 6.45) is 1.93. The summed E-state index contributed by atoms with van der Waals surface area (Å²) in [7, 11) is 0. The molecule has 0 aliphatic carbocycles. The molecule has 25 heavy (non-hydrogen) atoms. The van der Waals surface area contributed by atoms with Gasteiger partial charge in [-0.2, -0.15) is 0 Å². The van der Waals surface area contributed by atoms with Crippen LogP contribution in [-0.2, 0) is 4.74 Å². The molecule has 136 valence electrons. The Labute approximate surface area is 163 Å². The molecule has 0 bridgehead atoms. The Morgan fingerprint density at radius 2 is 2.40 bits per heavy atom. The number of halogens is 1. The standard InChI is InChI=1S/C16H20BrN3O3S2/c17-11-3-1-4-13(7-11)23-9-12(21)10-24-16-20-19-15(25-16)18-8-14-5-2-6-22-14/h1,3-4,7,12,14,21H,2,5-6,8-10H2,(H,18,19). The maximum Gasteiger partial charge on any atom is 0.206 e. The highest BCUT2D eigenvalue weighted by atomic mass is 79.9. The summed E-state index contributed by atoms with van der Waals surface area (Å²) >= 11 is 6.36. The van der Waals surface area contributed by atoms with E-state index in [1.165, 1.54) is 23.1 Å². The van der Waals surface area contributed by atoms with Crippen LogP contribution in [0.5, 0.6) is 5.75 Å². The summed E-state index contributed by atoms with van der Waals surface area (Å²) < 4.78 is 12.9. The van der Waals surface area contributed by atoms with Crippen LogP contribution in [0.3, 0.4) is 0 Å². The largest absolute Gasteiger partial charge is 0.491 e. The Morgan fingerprint density at radius 1 is 1.48 bits per heavy atom. The third-order valence-corrected chi connectivity index (χ3v) is 6.20. The number of anilines is 1. The average Bonchev–Trinajstić information content (AvgIpc) is 3.28. The summed E-state index contributed by atoms with van der Waals surface area (Å²) in [4.78, 5) is 0. The van der Waals surface area contributed by atoms with Crippen molar-refractivity contribution in [2.45, 2.75) is 29.4 Å². The number of thioether (sulfide) groups is 1. The molecule has 6 nitrogen and oxygen atoms in total. The van der Waals surface area contributed by atoms with Gasteiger partial charge in [0.15, 0.2) is 4.34 Å². The number of hydrogen-bond acceptors (Lipinski definition) is 8. The summed E-state index contributed by atoms with van der Waals surface area (Å²) in [5, 5.41) is 22.4. The van der Waals surface area contributed by atoms with E-state index in [0.29, 0.717) is 5.75 Å². The van der Waals surface area contributed by atoms with Crippen LogP contribution >= 0.6 is 39.0 Å². The normalized spacial score (nSPS) is 18.2. The van der Waals surface area contributed by atoms with Crippen molar-refractivity contribution in [3.63, 3.8) is 0 Å². The predicted octanol–water partition coefficient (Wildman–Crippen LogP) is 3.42. The van der Waals surface area contributed by atoms with Crippen LogP contribution in [0, 0.1) is 0 Å². The van der Waals surface area contributed by atoms with E-state index in [2.05, 4.69) is 31.4 Å². The van der Waals surface area contributed by atoms with E-state index in [-0.39, 0.29) is 12.7 Å². The quantitative estimate of drug-likeness (QED) is 0.572. The van der Waals surface area contributed by atoms with Crippen molar-refractivity contribution in [1.29, 1.82) is 0 Å². The topological polar surface area (TPSA) is 76.5 Å². The first kappa shape index (κ1) is 18.9. The molecular weight excluding hydrogens is 426 g/mol. The number of aliphatic hydroxyl groups excluding tert-OH is 1. The van der Waals surface area contributed by atoms with Gasteiger partial charge in [-0.25, -0.2) is 0 Å². The number of aromatic nitrogens is 2. The van der Waals surface area contributed by atoms with E-state index in [1.54, 1.807) is 0 Å². The first-order valence-electron chi connectivity index (χ1n) is 8.07. The minimum atomic E-state index is -0.573. The Balaban J connectivity index is 1.36. The lowest BCUT2D eigenvalue weighted by atomic mass is 10.2. The van der Waals surface area contributed by atoms with Crippen molar-refractivity contribution in [2.24, 2.45) is 0 Å². The van der Waals surface area contributed by atoms with Gasteiger partial charge < -0.3 is 19.9 Å². The van der Waals surface area contributed by atoms with Crippen molar-refractivity contribution >= 4 is 44.2 Å². The predicted molar refractivity (Wildman–Crippen MR) is 104 cm³/mol. The summed E-state index contributed by atoms with van der Waals surface area (Å²) in [5.41, 5.74) is 0. The number of nitrogens with one attached hydrogen (secondary N) is 1. The SMILES string of the molecule is OC(COc1cccc(Br)c1)CSc1nnc(NCC2CCCO2)s1. The lowest BCUT2D eigenvalue weighted by Gasteiger charge is -2.11. The molecule has 9 heteroatoms. The molecular formula is C16H20BrN3O3S2. The molecule has 2 heterocycles. The molecule has 2 aromatic rings. The van der Waals surface area contributed by atoms with E-state index in [1.807, 2.05) is 24.3 Å². The van der Waals surface area contributed by atoms with Crippen molar-refractivity contribution in [2.75, 3.05) is 30.8 Å². The summed E-state index contributed by atoms with van der Waals surface area (Å²) in [6.45, 7) is 1.86. The highest BCUT2D eigenvalue weighted by molar-refractivity contribution is 9.10. The number of benzene rings is 1. The Bertz CT molecular complexity index is 668. The van der Waals surface area contributed by atoms with Crippen LogP contribution in [0.2, 0.25) is 0 Å². The van der Waals surface area contributed by atoms with Crippen LogP contribution in [0.4, 0.5) is 5.13 Å². The number of rotatable bonds is 9. The molecule has 1 aromatic carbocycles. The maximum atomic E-state index is 10.1. The molecule has 1 aliphatic rings. The number of nitrogens with zero attached hydrogens (tertiary/aromatic N) is 2. The van der Waals surface area contributed by atoms with E-state index < -0.39 is 6.10 Å². The fourth-order valence-corrected chi connectivity index (χ4v) is 4.38. The van der Waals surface area contributed by atoms with Crippen LogP contribution < -0.4 is 10.1 Å². The van der Waals surface area contributed by atoms with E-state index in [4.69, 9.17) is 9.47 Å². The molecule has 0 radical (unpaired) electrons. The molecule has 0 amide bonds. The molecule has 1 aliphatic heterocycles. The Morgan fingerprint density at radius 3 is 3.20 bits per heavy atom. The van der Waals surface area contributed by atoms with Crippen molar-refractivity contribution < 1.29 is 14.6 Å². The third-order valence-electron chi connectivity index (χ3n) is 3.55. The van der Waals surface area contributed by atoms with Crippen LogP contribution in [0.1, 0.15) is 12.8 Å². The number of ether oxygens (including phenoxy) is 2. The van der Waals surface area contributed by atoms with Gasteiger partial charge in [-0.1, -0.05) is 45.1 Å². The molecule has 1 saturated heterocycles. The average molecular weight is 446 g/mol. The fraction of sp³-hybridized carbons (Fsp3) is 0.500. The monoisotopic (exact) mass is 445 g/mol. The highest BCUT2D eigenvalue weighted by Gasteiger charge is 2.16. The van der Waals surface area contributed by atoms with Gasteiger partial charge in [0.1, 0.15) is 12.4 Å². The van der Waals surface area contributed by atoms with Crippen LogP contribution in [0.25, 0.3) is 0 Å². The molecule has 1 fully saturated rings. The highest BCUT2D eigenvalue weighted by Crippen LogP contribution is 2.26. The zero-order chi connectivity index (χ0) is 17.5. The lowest BCUT2D eigenvalue weighted by molar-refractivity contribution is 0.120. The van der Waals surface area contributed by atoms with E-state index in [0.717, 1.165) is 45.7 Å². The second-order valence-corrected chi connectivity index (χ2v) is 8.78. The van der Waals surface area contributed by atoms with Crippen LogP contribution in [-0.4, -0.2) is 53.0 Å². The first-order valence-corrected chi connectivity index (χ1v) is 10.7. The van der Waals surface area contributed by atoms with Gasteiger partial charge in [-0.05, 0) is 31.0 Å². The Kier molecular flexibility index (Phi) is 7.35. The van der Waals surface area contributed by atoms with Gasteiger partial charge >= 0.3 is 0 Å². The van der Waals surface area contributed by atoms with Gasteiger partial charge in [0, 0.05) is 23.4 Å². The zero-order valence-electron chi connectivity index (χ0n) is 13.6. The third kappa shape index (κ3) is 6.41. The second kappa shape index (κ2) is 9.72. The minimum absolute atomic E-state index is 0.242. The zero-order valence-corrected chi connectivity index (χ0v) is 16.8. The molecule has 3 rings (SSSR count). The van der Waals surface area contributed by atoms with E-state index in [9.17, 15) is 5.11 Å². The summed E-state index contributed by atoms with van der Waals surface area (Å²) in [6, 6.07) is 7.56. The molecule has 1 aromatic heterocycles. The fourth-order valence-electron chi connectivity index (χ4n) is 2.31. The number of aliphatic hydroxyl groups is 1. The van der Waals surface area contributed by atoms with Crippen molar-refractivity contribution in [1.82, 2.24) is 10.2 Å². The lowest BCUT2D eigenvalue weighted by Crippen LogP contribution is -2.20. The first-order chi connectivity index (χ1) is 12.2. The Hall–Kier alpha value is -0.870. The number of hydrogen-bond donors (Lipinski definition) is 2.